The van der Waals surface area contributed by atoms with E-state index in [9.17, 15) is 13.2 Å². The largest absolute Gasteiger partial charge is 0.454 e. The molecule has 0 radical (unpaired) electrons. The number of nitrogens with zero attached hydrogens (tertiary/aromatic N) is 2. The predicted molar refractivity (Wildman–Crippen MR) is 94.6 cm³/mol. The van der Waals surface area contributed by atoms with E-state index in [1.807, 2.05) is 18.2 Å². The number of anilines is 2. The molecule has 1 aliphatic rings. The molecule has 0 unspecified atom stereocenters. The topological polar surface area (TPSA) is 76.2 Å². The van der Waals surface area contributed by atoms with Crippen LogP contribution in [0.2, 0.25) is 0 Å². The highest BCUT2D eigenvalue weighted by atomic mass is 32.2. The lowest BCUT2D eigenvalue weighted by Crippen LogP contribution is -2.41. The summed E-state index contributed by atoms with van der Waals surface area (Å²) < 4.78 is 36.0. The number of carbonyl (C=O) groups excluding carboxylic acids is 1. The van der Waals surface area contributed by atoms with Crippen LogP contribution in [-0.2, 0) is 14.8 Å². The SMILES string of the molecule is CN(C(=O)CN(c1ccc2c(c1)OCO2)S(C)(=O)=O)c1ccccc1. The van der Waals surface area contributed by atoms with Crippen molar-refractivity contribution in [2.24, 2.45) is 0 Å². The minimum absolute atomic E-state index is 0.0906. The van der Waals surface area contributed by atoms with Gasteiger partial charge in [0.05, 0.1) is 11.9 Å². The first-order valence-electron chi connectivity index (χ1n) is 7.55. The van der Waals surface area contributed by atoms with Gasteiger partial charge in [0, 0.05) is 18.8 Å². The summed E-state index contributed by atoms with van der Waals surface area (Å²) >= 11 is 0. The summed E-state index contributed by atoms with van der Waals surface area (Å²) in [6.45, 7) is -0.225. The van der Waals surface area contributed by atoms with Gasteiger partial charge in [-0.05, 0) is 24.3 Å². The average Bonchev–Trinajstić information content (AvgIpc) is 3.06. The average molecular weight is 362 g/mol. The van der Waals surface area contributed by atoms with Crippen LogP contribution in [0.5, 0.6) is 11.5 Å². The first-order valence-corrected chi connectivity index (χ1v) is 9.40. The van der Waals surface area contributed by atoms with Crippen molar-refractivity contribution < 1.29 is 22.7 Å². The number of fused-ring (bicyclic) bond motifs is 1. The van der Waals surface area contributed by atoms with Crippen molar-refractivity contribution in [3.63, 3.8) is 0 Å². The Balaban J connectivity index is 1.86. The first kappa shape index (κ1) is 17.1. The van der Waals surface area contributed by atoms with Crippen molar-refractivity contribution in [1.29, 1.82) is 0 Å². The van der Waals surface area contributed by atoms with Gasteiger partial charge in [-0.25, -0.2) is 8.42 Å². The van der Waals surface area contributed by atoms with E-state index in [0.29, 0.717) is 22.9 Å². The molecule has 0 N–H and O–H groups in total. The van der Waals surface area contributed by atoms with Gasteiger partial charge in [0.15, 0.2) is 11.5 Å². The van der Waals surface area contributed by atoms with E-state index in [1.54, 1.807) is 37.4 Å². The number of para-hydroxylation sites is 1. The van der Waals surface area contributed by atoms with Gasteiger partial charge in [-0.3, -0.25) is 9.10 Å². The smallest absolute Gasteiger partial charge is 0.247 e. The summed E-state index contributed by atoms with van der Waals surface area (Å²) in [5.74, 6) is 0.647. The minimum Gasteiger partial charge on any atom is -0.454 e. The van der Waals surface area contributed by atoms with E-state index in [0.717, 1.165) is 10.6 Å². The Kier molecular flexibility index (Phi) is 4.54. The van der Waals surface area contributed by atoms with Crippen LogP contribution < -0.4 is 18.7 Å². The second-order valence-electron chi connectivity index (χ2n) is 5.60. The molecular weight excluding hydrogens is 344 g/mol. The van der Waals surface area contributed by atoms with Crippen LogP contribution in [0.1, 0.15) is 0 Å². The molecule has 0 fully saturated rings. The molecular formula is C17H18N2O5S. The maximum atomic E-state index is 12.6. The number of likely N-dealkylation sites (N-methyl/N-ethyl adjacent to an activating group) is 1. The first-order chi connectivity index (χ1) is 11.9. The Hall–Kier alpha value is -2.74. The molecule has 0 aromatic heterocycles. The molecule has 0 saturated carbocycles. The molecule has 7 nitrogen and oxygen atoms in total. The van der Waals surface area contributed by atoms with E-state index >= 15 is 0 Å². The van der Waals surface area contributed by atoms with E-state index in [4.69, 9.17) is 9.47 Å². The number of hydrogen-bond acceptors (Lipinski definition) is 5. The molecule has 25 heavy (non-hydrogen) atoms. The number of sulfonamides is 1. The Morgan fingerprint density at radius 3 is 2.40 bits per heavy atom. The third kappa shape index (κ3) is 3.69. The quantitative estimate of drug-likeness (QED) is 0.811. The molecule has 1 amide bonds. The summed E-state index contributed by atoms with van der Waals surface area (Å²) in [6, 6.07) is 13.8. The molecule has 0 spiro atoms. The maximum Gasteiger partial charge on any atom is 0.247 e. The lowest BCUT2D eigenvalue weighted by atomic mass is 10.2. The van der Waals surface area contributed by atoms with Gasteiger partial charge in [-0.1, -0.05) is 18.2 Å². The standard InChI is InChI=1S/C17H18N2O5S/c1-18(13-6-4-3-5-7-13)17(20)11-19(25(2,21)22)14-8-9-15-16(10-14)24-12-23-15/h3-10H,11-12H2,1-2H3. The second kappa shape index (κ2) is 6.64. The third-order valence-electron chi connectivity index (χ3n) is 3.84. The molecule has 2 aromatic rings. The Bertz CT molecular complexity index is 883. The summed E-state index contributed by atoms with van der Waals surface area (Å²) in [6.07, 6.45) is 1.06. The van der Waals surface area contributed by atoms with Crippen molar-refractivity contribution in [1.82, 2.24) is 0 Å². The Morgan fingerprint density at radius 1 is 1.04 bits per heavy atom. The zero-order valence-corrected chi connectivity index (χ0v) is 14.7. The molecule has 1 heterocycles. The fourth-order valence-corrected chi connectivity index (χ4v) is 3.31. The number of hydrogen-bond donors (Lipinski definition) is 0. The van der Waals surface area contributed by atoms with Crippen LogP contribution in [0.4, 0.5) is 11.4 Å². The highest BCUT2D eigenvalue weighted by Gasteiger charge is 2.25. The van der Waals surface area contributed by atoms with Crippen molar-refractivity contribution in [3.05, 3.63) is 48.5 Å². The lowest BCUT2D eigenvalue weighted by Gasteiger charge is -2.25. The van der Waals surface area contributed by atoms with Crippen LogP contribution in [0, 0.1) is 0 Å². The predicted octanol–water partition coefficient (Wildman–Crippen LogP) is 1.84. The fourth-order valence-electron chi connectivity index (χ4n) is 2.46. The van der Waals surface area contributed by atoms with Gasteiger partial charge < -0.3 is 14.4 Å². The van der Waals surface area contributed by atoms with Crippen LogP contribution in [0.15, 0.2) is 48.5 Å². The summed E-state index contributed by atoms with van der Waals surface area (Å²) in [4.78, 5) is 14.0. The van der Waals surface area contributed by atoms with Crippen molar-refractivity contribution in [2.45, 2.75) is 0 Å². The van der Waals surface area contributed by atoms with Crippen LogP contribution in [0.25, 0.3) is 0 Å². The lowest BCUT2D eigenvalue weighted by molar-refractivity contribution is -0.116. The van der Waals surface area contributed by atoms with E-state index in [2.05, 4.69) is 0 Å². The molecule has 0 atom stereocenters. The van der Waals surface area contributed by atoms with Crippen LogP contribution >= 0.6 is 0 Å². The molecule has 3 rings (SSSR count). The van der Waals surface area contributed by atoms with E-state index in [-0.39, 0.29) is 19.2 Å². The number of carbonyl (C=O) groups is 1. The zero-order chi connectivity index (χ0) is 18.0. The van der Waals surface area contributed by atoms with Gasteiger partial charge in [0.2, 0.25) is 22.7 Å². The molecule has 1 aliphatic heterocycles. The third-order valence-corrected chi connectivity index (χ3v) is 4.98. The van der Waals surface area contributed by atoms with Gasteiger partial charge in [0.25, 0.3) is 0 Å². The van der Waals surface area contributed by atoms with Crippen LogP contribution in [0.3, 0.4) is 0 Å². The minimum atomic E-state index is -3.66. The second-order valence-corrected chi connectivity index (χ2v) is 7.50. The molecule has 8 heteroatoms. The van der Waals surface area contributed by atoms with Crippen molar-refractivity contribution >= 4 is 27.3 Å². The molecule has 0 saturated heterocycles. The highest BCUT2D eigenvalue weighted by Crippen LogP contribution is 2.36. The van der Waals surface area contributed by atoms with Crippen molar-refractivity contribution in [3.8, 4) is 11.5 Å². The summed E-state index contributed by atoms with van der Waals surface area (Å²) in [7, 11) is -2.05. The van der Waals surface area contributed by atoms with Crippen LogP contribution in [-0.4, -0.2) is 41.0 Å². The fraction of sp³-hybridized carbons (Fsp3) is 0.235. The number of benzene rings is 2. The van der Waals surface area contributed by atoms with Crippen molar-refractivity contribution in [2.75, 3.05) is 35.8 Å². The Labute approximate surface area is 146 Å². The van der Waals surface area contributed by atoms with E-state index in [1.165, 1.54) is 4.90 Å². The maximum absolute atomic E-state index is 12.6. The summed E-state index contributed by atoms with van der Waals surface area (Å²) in [5, 5.41) is 0. The Morgan fingerprint density at radius 2 is 1.72 bits per heavy atom. The zero-order valence-electron chi connectivity index (χ0n) is 13.9. The van der Waals surface area contributed by atoms with Gasteiger partial charge in [-0.15, -0.1) is 0 Å². The van der Waals surface area contributed by atoms with E-state index < -0.39 is 10.0 Å². The van der Waals surface area contributed by atoms with Gasteiger partial charge in [-0.2, -0.15) is 0 Å². The van der Waals surface area contributed by atoms with Gasteiger partial charge in [0.1, 0.15) is 6.54 Å². The number of rotatable bonds is 5. The highest BCUT2D eigenvalue weighted by molar-refractivity contribution is 7.92. The molecule has 2 aromatic carbocycles. The normalized spacial score (nSPS) is 12.7. The number of ether oxygens (including phenoxy) is 2. The monoisotopic (exact) mass is 362 g/mol. The molecule has 132 valence electrons. The van der Waals surface area contributed by atoms with Gasteiger partial charge >= 0.3 is 0 Å². The number of amides is 1. The summed E-state index contributed by atoms with van der Waals surface area (Å²) in [5.41, 5.74) is 1.04. The molecule has 0 bridgehead atoms. The molecule has 0 aliphatic carbocycles.